The zero-order valence-electron chi connectivity index (χ0n) is 20.1. The summed E-state index contributed by atoms with van der Waals surface area (Å²) < 4.78 is 30.6. The van der Waals surface area contributed by atoms with Gasteiger partial charge in [-0.2, -0.15) is 0 Å². The Balaban J connectivity index is 1.99. The lowest BCUT2D eigenvalue weighted by atomic mass is 10.00. The van der Waals surface area contributed by atoms with E-state index < -0.39 is 45.2 Å². The van der Waals surface area contributed by atoms with Crippen molar-refractivity contribution in [2.75, 3.05) is 19.6 Å². The van der Waals surface area contributed by atoms with Crippen LogP contribution in [0.1, 0.15) is 74.3 Å². The van der Waals surface area contributed by atoms with E-state index in [9.17, 15) is 24.2 Å². The van der Waals surface area contributed by atoms with Gasteiger partial charge >= 0.3 is 5.97 Å². The Morgan fingerprint density at radius 3 is 2.44 bits per heavy atom. The second-order valence-electron chi connectivity index (χ2n) is 10.4. The summed E-state index contributed by atoms with van der Waals surface area (Å²) in [5.41, 5.74) is 1.60. The number of carboxylic acid groups (broad SMARTS) is 1. The van der Waals surface area contributed by atoms with E-state index in [0.29, 0.717) is 13.0 Å². The fraction of sp³-hybridized carbons (Fsp3) is 0.583. The largest absolute Gasteiger partial charge is 0.477 e. The molecule has 1 aromatic heterocycles. The Morgan fingerprint density at radius 2 is 1.91 bits per heavy atom. The van der Waals surface area contributed by atoms with E-state index in [1.54, 1.807) is 27.7 Å². The first-order valence-electron chi connectivity index (χ1n) is 11.5. The van der Waals surface area contributed by atoms with Crippen LogP contribution in [-0.2, 0) is 12.0 Å². The van der Waals surface area contributed by atoms with Crippen LogP contribution < -0.4 is 16.5 Å². The second kappa shape index (κ2) is 9.50. The van der Waals surface area contributed by atoms with E-state index in [4.69, 9.17) is 5.73 Å². The number of β-amino-alcohol motifs (C(OH)–C–C–N with tert-alkyl or cyclic N) is 1. The molecule has 0 radical (unpaired) electrons. The molecule has 0 spiro atoms. The molecule has 2 aliphatic rings. The molecule has 3 rings (SSSR count). The van der Waals surface area contributed by atoms with Gasteiger partial charge in [0.15, 0.2) is 5.83 Å². The van der Waals surface area contributed by atoms with Crippen LogP contribution in [0, 0.1) is 0 Å². The number of piperidine rings is 1. The predicted octanol–water partition coefficient (Wildman–Crippen LogP) is 2.55. The first-order valence-corrected chi connectivity index (χ1v) is 11.5. The van der Waals surface area contributed by atoms with Crippen molar-refractivity contribution in [1.82, 2.24) is 14.8 Å². The predicted molar refractivity (Wildman–Crippen MR) is 127 cm³/mol. The zero-order valence-corrected chi connectivity index (χ0v) is 20.1. The number of nitrogens with zero attached hydrogens (tertiary/aromatic N) is 2. The number of carboxylic acids is 1. The number of fused-ring (bicyclic) bond motifs is 1. The van der Waals surface area contributed by atoms with Crippen molar-refractivity contribution in [2.45, 2.75) is 70.6 Å². The molecule has 8 nitrogen and oxygen atoms in total. The van der Waals surface area contributed by atoms with Crippen LogP contribution in [0.4, 0.5) is 8.78 Å². The molecule has 0 saturated carbocycles. The molecule has 34 heavy (non-hydrogen) atoms. The number of halogens is 2. The highest BCUT2D eigenvalue weighted by Crippen LogP contribution is 2.38. The second-order valence-corrected chi connectivity index (χ2v) is 10.4. The molecule has 0 bridgehead atoms. The fourth-order valence-electron chi connectivity index (χ4n) is 5.00. The molecule has 1 aromatic rings. The van der Waals surface area contributed by atoms with Crippen molar-refractivity contribution in [3.8, 4) is 0 Å². The minimum Gasteiger partial charge on any atom is -0.477 e. The van der Waals surface area contributed by atoms with Crippen molar-refractivity contribution in [1.29, 1.82) is 0 Å². The lowest BCUT2D eigenvalue weighted by Gasteiger charge is -2.35. The van der Waals surface area contributed by atoms with Crippen LogP contribution >= 0.6 is 0 Å². The molecule has 2 aliphatic heterocycles. The summed E-state index contributed by atoms with van der Waals surface area (Å²) in [6, 6.07) is -0.0302. The van der Waals surface area contributed by atoms with Crippen LogP contribution in [0.2, 0.25) is 0 Å². The van der Waals surface area contributed by atoms with E-state index in [2.05, 4.69) is 10.2 Å². The Labute approximate surface area is 197 Å². The van der Waals surface area contributed by atoms with Gasteiger partial charge in [0.25, 0.3) is 0 Å². The standard InChI is InChI=1S/C24H34F2N4O4/c1-23(2)8-5-17-19(22(32)33)21(31)18(16(27)11-25)20(30(17)23)15(26)12-28-14-6-9-29(10-7-14)13-24(3,4)34/h11-12,14,28,34H,5-10,13,27H2,1-4H3,(H,32,33)/b15-12-,16-11-. The van der Waals surface area contributed by atoms with E-state index in [1.165, 1.54) is 4.57 Å². The molecular formula is C24H34F2N4O4. The molecule has 0 aliphatic carbocycles. The number of carbonyl (C=O) groups is 1. The summed E-state index contributed by atoms with van der Waals surface area (Å²) in [6.07, 6.45) is 3.35. The van der Waals surface area contributed by atoms with E-state index >= 15 is 4.39 Å². The van der Waals surface area contributed by atoms with Gasteiger partial charge in [0.2, 0.25) is 5.43 Å². The summed E-state index contributed by atoms with van der Waals surface area (Å²) >= 11 is 0. The summed E-state index contributed by atoms with van der Waals surface area (Å²) in [6.45, 7) is 9.12. The third-order valence-electron chi connectivity index (χ3n) is 6.54. The van der Waals surface area contributed by atoms with Crippen LogP contribution in [0.15, 0.2) is 17.3 Å². The molecular weight excluding hydrogens is 446 g/mol. The Bertz CT molecular complexity index is 1080. The fourth-order valence-corrected chi connectivity index (χ4v) is 5.00. The van der Waals surface area contributed by atoms with Crippen LogP contribution in [0.25, 0.3) is 11.5 Å². The van der Waals surface area contributed by atoms with Crippen molar-refractivity contribution in [3.63, 3.8) is 0 Å². The van der Waals surface area contributed by atoms with Gasteiger partial charge in [-0.15, -0.1) is 0 Å². The smallest absolute Gasteiger partial charge is 0.341 e. The number of aromatic carboxylic acids is 1. The van der Waals surface area contributed by atoms with Crippen molar-refractivity contribution in [3.05, 3.63) is 45.3 Å². The number of pyridine rings is 1. The van der Waals surface area contributed by atoms with Gasteiger partial charge in [-0.1, -0.05) is 0 Å². The third kappa shape index (κ3) is 5.17. The number of aliphatic hydroxyl groups is 1. The summed E-state index contributed by atoms with van der Waals surface area (Å²) in [5.74, 6) is -2.27. The Kier molecular flexibility index (Phi) is 7.23. The number of aromatic nitrogens is 1. The average molecular weight is 481 g/mol. The number of nitrogens with two attached hydrogens (primary N) is 1. The normalized spacial score (nSPS) is 19.9. The summed E-state index contributed by atoms with van der Waals surface area (Å²) in [5, 5.41) is 22.7. The molecule has 0 aromatic carbocycles. The average Bonchev–Trinajstić information content (AvgIpc) is 3.04. The molecule has 0 atom stereocenters. The maximum Gasteiger partial charge on any atom is 0.341 e. The number of hydrogen-bond acceptors (Lipinski definition) is 6. The van der Waals surface area contributed by atoms with E-state index in [-0.39, 0.29) is 30.2 Å². The molecule has 188 valence electrons. The molecule has 1 fully saturated rings. The number of nitrogens with one attached hydrogen (secondary N) is 1. The molecule has 0 amide bonds. The Hall–Kier alpha value is -2.72. The highest BCUT2D eigenvalue weighted by Gasteiger charge is 2.39. The van der Waals surface area contributed by atoms with Crippen LogP contribution in [0.3, 0.4) is 0 Å². The van der Waals surface area contributed by atoms with Crippen molar-refractivity contribution in [2.24, 2.45) is 5.73 Å². The number of likely N-dealkylation sites (tertiary alicyclic amines) is 1. The monoisotopic (exact) mass is 480 g/mol. The molecule has 1 saturated heterocycles. The van der Waals surface area contributed by atoms with Gasteiger partial charge in [0.1, 0.15) is 11.9 Å². The number of rotatable bonds is 7. The minimum absolute atomic E-state index is 0.0140. The molecule has 5 N–H and O–H groups in total. The summed E-state index contributed by atoms with van der Waals surface area (Å²) in [7, 11) is 0. The van der Waals surface area contributed by atoms with E-state index in [1.807, 2.05) is 0 Å². The molecule has 3 heterocycles. The van der Waals surface area contributed by atoms with Gasteiger partial charge in [-0.3, -0.25) is 4.79 Å². The lowest BCUT2D eigenvalue weighted by Crippen LogP contribution is -2.46. The third-order valence-corrected chi connectivity index (χ3v) is 6.54. The lowest BCUT2D eigenvalue weighted by molar-refractivity contribution is 0.0275. The quantitative estimate of drug-likeness (QED) is 0.473. The van der Waals surface area contributed by atoms with Crippen LogP contribution in [-0.4, -0.2) is 56.9 Å². The highest BCUT2D eigenvalue weighted by atomic mass is 19.1. The Morgan fingerprint density at radius 1 is 1.29 bits per heavy atom. The van der Waals surface area contributed by atoms with Gasteiger partial charge < -0.3 is 30.7 Å². The van der Waals surface area contributed by atoms with Gasteiger partial charge in [-0.25, -0.2) is 13.6 Å². The maximum absolute atomic E-state index is 15.7. The first-order chi connectivity index (χ1) is 15.8. The van der Waals surface area contributed by atoms with Crippen molar-refractivity contribution >= 4 is 17.5 Å². The minimum atomic E-state index is -1.45. The van der Waals surface area contributed by atoms with Crippen LogP contribution in [0.5, 0.6) is 0 Å². The highest BCUT2D eigenvalue weighted by molar-refractivity contribution is 5.91. The van der Waals surface area contributed by atoms with Gasteiger partial charge in [0, 0.05) is 43.1 Å². The maximum atomic E-state index is 15.7. The van der Waals surface area contributed by atoms with Gasteiger partial charge in [-0.05, 0) is 53.4 Å². The van der Waals surface area contributed by atoms with Crippen molar-refractivity contribution < 1.29 is 23.8 Å². The number of hydrogen-bond donors (Lipinski definition) is 4. The molecule has 0 unspecified atom stereocenters. The first kappa shape index (κ1) is 25.9. The topological polar surface area (TPSA) is 121 Å². The SMILES string of the molecule is CC(C)(O)CN1CCC(N/C=C(\F)c2c(/C(N)=C/F)c(=O)c(C(=O)O)c3n2C(C)(C)CC3)CC1. The van der Waals surface area contributed by atoms with E-state index in [0.717, 1.165) is 32.1 Å². The summed E-state index contributed by atoms with van der Waals surface area (Å²) in [4.78, 5) is 27.1. The van der Waals surface area contributed by atoms with Gasteiger partial charge in [0.05, 0.1) is 22.6 Å². The zero-order chi connectivity index (χ0) is 25.4. The molecule has 10 heteroatoms.